The van der Waals surface area contributed by atoms with Gasteiger partial charge >= 0.3 is 26.9 Å². The van der Waals surface area contributed by atoms with Gasteiger partial charge in [0.05, 0.1) is 30.9 Å². The summed E-state index contributed by atoms with van der Waals surface area (Å²) in [6.45, 7) is 2.83. The molecule has 0 aromatic heterocycles. The van der Waals surface area contributed by atoms with Crippen LogP contribution in [0.5, 0.6) is 5.75 Å². The summed E-state index contributed by atoms with van der Waals surface area (Å²) >= 11 is -1.81. The van der Waals surface area contributed by atoms with Crippen molar-refractivity contribution in [2.24, 2.45) is 0 Å². The number of amides is 1. The Morgan fingerprint density at radius 2 is 2.14 bits per heavy atom. The predicted octanol–water partition coefficient (Wildman–Crippen LogP) is 2.50. The summed E-state index contributed by atoms with van der Waals surface area (Å²) in [6.07, 6.45) is -0.578. The fourth-order valence-corrected chi connectivity index (χ4v) is 8.26. The molecule has 2 N–H and O–H groups in total. The average Bonchev–Trinajstić information content (AvgIpc) is 3.11. The summed E-state index contributed by atoms with van der Waals surface area (Å²) in [7, 11) is 0. The molecular formula is C19H26AlF2NO6. The van der Waals surface area contributed by atoms with E-state index in [9.17, 15) is 13.6 Å². The van der Waals surface area contributed by atoms with Gasteiger partial charge in [0.2, 0.25) is 0 Å². The van der Waals surface area contributed by atoms with Gasteiger partial charge in [-0.25, -0.2) is 4.79 Å². The van der Waals surface area contributed by atoms with Crippen molar-refractivity contribution >= 4 is 20.2 Å². The summed E-state index contributed by atoms with van der Waals surface area (Å²) < 4.78 is 45.3. The van der Waals surface area contributed by atoms with Crippen molar-refractivity contribution < 1.29 is 37.6 Å². The minimum atomic E-state index is -2.92. The minimum absolute atomic E-state index is 0.0359. The zero-order valence-corrected chi connectivity index (χ0v) is 18.1. The molecule has 2 aliphatic heterocycles. The highest BCUT2D eigenvalue weighted by atomic mass is 27.2. The molecule has 0 saturated carbocycles. The average molecular weight is 429 g/mol. The Morgan fingerprint density at radius 1 is 1.41 bits per heavy atom. The van der Waals surface area contributed by atoms with Gasteiger partial charge in [0, 0.05) is 4.40 Å². The number of alkyl halides is 2. The maximum absolute atomic E-state index is 12.6. The number of benzene rings is 1. The number of rotatable bonds is 7. The van der Waals surface area contributed by atoms with E-state index in [0.29, 0.717) is 5.56 Å². The number of carbonyl (C=O) groups excluding carboxylic acids is 1. The van der Waals surface area contributed by atoms with Crippen molar-refractivity contribution in [2.75, 3.05) is 19.8 Å². The number of halogens is 2. The highest BCUT2D eigenvalue weighted by Crippen LogP contribution is 2.60. The van der Waals surface area contributed by atoms with E-state index in [0.717, 1.165) is 5.56 Å². The van der Waals surface area contributed by atoms with Crippen LogP contribution in [-0.2, 0) is 25.2 Å². The van der Waals surface area contributed by atoms with Crippen LogP contribution in [0.3, 0.4) is 0 Å². The number of fused-ring (bicyclic) bond motifs is 3. The normalized spacial score (nSPS) is 25.3. The molecule has 2 atom stereocenters. The number of ether oxygens (including phenoxy) is 4. The van der Waals surface area contributed by atoms with Gasteiger partial charge in [0.25, 0.3) is 0 Å². The Balaban J connectivity index is 1.95. The van der Waals surface area contributed by atoms with E-state index in [-0.39, 0.29) is 32.2 Å². The second kappa shape index (κ2) is 8.01. The third-order valence-electron chi connectivity index (χ3n) is 5.40. The lowest BCUT2D eigenvalue weighted by molar-refractivity contribution is -0.0659. The minimum Gasteiger partial charge on any atom is -0.444 e. The molecule has 1 saturated heterocycles. The molecule has 2 aliphatic rings. The maximum Gasteiger partial charge on any atom is 0.407 e. The molecule has 1 amide bonds. The van der Waals surface area contributed by atoms with Crippen molar-refractivity contribution in [1.29, 1.82) is 0 Å². The molecule has 1 aromatic rings. The molecule has 160 valence electrons. The van der Waals surface area contributed by atoms with Crippen LogP contribution in [0.25, 0.3) is 0 Å². The summed E-state index contributed by atoms with van der Waals surface area (Å²) in [6, 6.07) is 4.68. The van der Waals surface area contributed by atoms with Crippen molar-refractivity contribution in [2.45, 2.75) is 54.2 Å². The molecule has 7 nitrogen and oxygen atoms in total. The van der Waals surface area contributed by atoms with Crippen molar-refractivity contribution in [3.05, 3.63) is 29.3 Å². The number of carbonyl (C=O) groups is 1. The first-order valence-corrected chi connectivity index (χ1v) is 11.8. The number of hydrogen-bond acceptors (Lipinski definition) is 6. The summed E-state index contributed by atoms with van der Waals surface area (Å²) in [4.78, 5) is 12.6. The fraction of sp³-hybridized carbons (Fsp3) is 0.632. The standard InChI is InChI=1S/C18H23F2NO6.CH3.Al/c1-18(2,3)27-17(23)21-15-13-5-4-12(26-16(19)20)8-11(13)9-25-14(15)10-24-7-6-22;;/h4-5,8,16,22H,6-7,9-10H2,1-3H3,(H,21,23);1H3;. The molecule has 10 heteroatoms. The molecule has 0 aliphatic carbocycles. The quantitative estimate of drug-likeness (QED) is 0.512. The van der Waals surface area contributed by atoms with Gasteiger partial charge in [-0.2, -0.15) is 8.78 Å². The first-order valence-electron chi connectivity index (χ1n) is 9.47. The molecule has 0 radical (unpaired) electrons. The SMILES string of the molecule is [CH3][Al]1[C@]2(COCCO)OCc3cc(OC(F)F)ccc3[C@]12NC(=O)OC(C)(C)C. The van der Waals surface area contributed by atoms with E-state index in [4.69, 9.17) is 19.3 Å². The number of alkyl carbamates (subject to hydrolysis) is 1. The molecule has 0 bridgehead atoms. The second-order valence-electron chi connectivity index (χ2n) is 8.31. The first kappa shape index (κ1) is 22.3. The van der Waals surface area contributed by atoms with Gasteiger partial charge in [0.15, 0.2) is 0 Å². The zero-order valence-electron chi connectivity index (χ0n) is 17.0. The van der Waals surface area contributed by atoms with Crippen molar-refractivity contribution in [3.8, 4) is 5.75 Å². The third kappa shape index (κ3) is 4.09. The fourth-order valence-electron chi connectivity index (χ4n) is 4.17. The smallest absolute Gasteiger partial charge is 0.407 e. The third-order valence-corrected chi connectivity index (χ3v) is 9.49. The van der Waals surface area contributed by atoms with E-state index < -0.39 is 41.3 Å². The van der Waals surface area contributed by atoms with Crippen molar-refractivity contribution in [3.63, 3.8) is 0 Å². The molecule has 3 rings (SSSR count). The highest BCUT2D eigenvalue weighted by Gasteiger charge is 2.82. The highest BCUT2D eigenvalue weighted by molar-refractivity contribution is 6.77. The van der Waals surface area contributed by atoms with Crippen LogP contribution < -0.4 is 10.1 Å². The van der Waals surface area contributed by atoms with E-state index in [1.807, 2.05) is 0 Å². The second-order valence-corrected chi connectivity index (χ2v) is 11.6. The lowest BCUT2D eigenvalue weighted by Gasteiger charge is -2.37. The van der Waals surface area contributed by atoms with Gasteiger partial charge in [-0.3, -0.25) is 0 Å². The molecule has 0 unspecified atom stereocenters. The Kier molecular flexibility index (Phi) is 6.14. The van der Waals surface area contributed by atoms with Gasteiger partial charge in [-0.1, -0.05) is 6.07 Å². The van der Waals surface area contributed by atoms with Gasteiger partial charge in [-0.05, 0) is 44.0 Å². The van der Waals surface area contributed by atoms with Gasteiger partial charge in [-0.15, -0.1) is 5.79 Å². The molecular weight excluding hydrogens is 403 g/mol. The number of aliphatic hydroxyl groups is 1. The molecule has 29 heavy (non-hydrogen) atoms. The van der Waals surface area contributed by atoms with Gasteiger partial charge < -0.3 is 29.4 Å². The lowest BCUT2D eigenvalue weighted by atomic mass is 9.93. The lowest BCUT2D eigenvalue weighted by Crippen LogP contribution is -2.49. The van der Waals surface area contributed by atoms with Crippen LogP contribution in [0.1, 0.15) is 31.9 Å². The predicted molar refractivity (Wildman–Crippen MR) is 101 cm³/mol. The molecule has 1 aromatic carbocycles. The molecule has 1 fully saturated rings. The summed E-state index contributed by atoms with van der Waals surface area (Å²) in [5.41, 5.74) is 0.806. The van der Waals surface area contributed by atoms with Gasteiger partial charge in [0.1, 0.15) is 11.4 Å². The van der Waals surface area contributed by atoms with E-state index in [2.05, 4.69) is 15.8 Å². The van der Waals surface area contributed by atoms with Crippen LogP contribution in [-0.4, -0.2) is 61.8 Å². The first-order chi connectivity index (χ1) is 13.6. The van der Waals surface area contributed by atoms with E-state index >= 15 is 0 Å². The number of aliphatic hydroxyl groups excluding tert-OH is 1. The monoisotopic (exact) mass is 429 g/mol. The van der Waals surface area contributed by atoms with Crippen LogP contribution >= 0.6 is 0 Å². The zero-order chi connectivity index (χ0) is 21.4. The Bertz CT molecular complexity index is 774. The summed E-state index contributed by atoms with van der Waals surface area (Å²) in [5.74, 6) is 2.09. The van der Waals surface area contributed by atoms with E-state index in [1.54, 1.807) is 26.8 Å². The maximum atomic E-state index is 12.6. The van der Waals surface area contributed by atoms with Crippen LogP contribution in [0, 0.1) is 0 Å². The van der Waals surface area contributed by atoms with Crippen molar-refractivity contribution in [1.82, 2.24) is 5.32 Å². The topological polar surface area (TPSA) is 86.3 Å². The van der Waals surface area contributed by atoms with Crippen LogP contribution in [0.15, 0.2) is 18.2 Å². The molecule has 0 spiro atoms. The largest absolute Gasteiger partial charge is 0.444 e. The number of hydrogen-bond donors (Lipinski definition) is 2. The molecule has 2 heterocycles. The van der Waals surface area contributed by atoms with Crippen LogP contribution in [0.2, 0.25) is 5.79 Å². The Labute approximate surface area is 172 Å². The Morgan fingerprint density at radius 3 is 2.76 bits per heavy atom. The number of nitrogens with one attached hydrogen (secondary N) is 1. The summed E-state index contributed by atoms with van der Waals surface area (Å²) in [5, 5.41) is 12.0. The van der Waals surface area contributed by atoms with E-state index in [1.165, 1.54) is 12.1 Å². The Hall–Kier alpha value is -1.44. The van der Waals surface area contributed by atoms with Crippen LogP contribution in [0.4, 0.5) is 13.6 Å².